The second-order valence-electron chi connectivity index (χ2n) is 3.75. The first-order valence-corrected chi connectivity index (χ1v) is 5.38. The van der Waals surface area contributed by atoms with Crippen LogP contribution in [0.25, 0.3) is 0 Å². The molecule has 0 spiro atoms. The van der Waals surface area contributed by atoms with E-state index in [1.807, 2.05) is 13.8 Å². The zero-order valence-corrected chi connectivity index (χ0v) is 9.81. The summed E-state index contributed by atoms with van der Waals surface area (Å²) < 4.78 is 0. The highest BCUT2D eigenvalue weighted by Crippen LogP contribution is 2.23. The molecule has 1 aromatic rings. The lowest BCUT2D eigenvalue weighted by molar-refractivity contribution is 0.126. The van der Waals surface area contributed by atoms with Gasteiger partial charge >= 0.3 is 0 Å². The molecule has 0 amide bonds. The topological polar surface area (TPSA) is 20.2 Å². The van der Waals surface area contributed by atoms with Crippen LogP contribution >= 0.6 is 23.2 Å². The predicted molar refractivity (Wildman–Crippen MR) is 61.0 cm³/mol. The summed E-state index contributed by atoms with van der Waals surface area (Å²) in [4.78, 5) is 0. The molecule has 0 aliphatic carbocycles. The van der Waals surface area contributed by atoms with Crippen molar-refractivity contribution < 1.29 is 5.11 Å². The van der Waals surface area contributed by atoms with Crippen molar-refractivity contribution in [3.05, 3.63) is 33.8 Å². The molecule has 78 valence electrons. The molecule has 1 N–H and O–H groups in total. The Morgan fingerprint density at radius 3 is 2.50 bits per heavy atom. The maximum absolute atomic E-state index is 9.69. The van der Waals surface area contributed by atoms with Crippen LogP contribution in [0.2, 0.25) is 10.0 Å². The highest BCUT2D eigenvalue weighted by molar-refractivity contribution is 6.33. The van der Waals surface area contributed by atoms with E-state index in [1.165, 1.54) is 0 Å². The van der Waals surface area contributed by atoms with Crippen molar-refractivity contribution in [2.75, 3.05) is 0 Å². The monoisotopic (exact) mass is 232 g/mol. The Hall–Kier alpha value is -0.240. The Morgan fingerprint density at radius 2 is 1.93 bits per heavy atom. The van der Waals surface area contributed by atoms with Gasteiger partial charge < -0.3 is 5.11 Å². The third-order valence-electron chi connectivity index (χ3n) is 2.21. The molecule has 0 aromatic heterocycles. The van der Waals surface area contributed by atoms with Crippen molar-refractivity contribution in [1.82, 2.24) is 0 Å². The lowest BCUT2D eigenvalue weighted by Crippen LogP contribution is -2.17. The number of halogens is 2. The standard InChI is InChI=1S/C11H14Cl2O/c1-7(2)11(14)6-8-5-9(12)3-4-10(8)13/h3-5,7,11,14H,6H2,1-2H3. The van der Waals surface area contributed by atoms with Crippen molar-refractivity contribution in [2.24, 2.45) is 5.92 Å². The summed E-state index contributed by atoms with van der Waals surface area (Å²) in [6.45, 7) is 3.95. The number of rotatable bonds is 3. The van der Waals surface area contributed by atoms with Gasteiger partial charge in [-0.1, -0.05) is 37.0 Å². The van der Waals surface area contributed by atoms with Crippen molar-refractivity contribution in [2.45, 2.75) is 26.4 Å². The first kappa shape index (κ1) is 11.8. The van der Waals surface area contributed by atoms with E-state index in [-0.39, 0.29) is 12.0 Å². The second-order valence-corrected chi connectivity index (χ2v) is 4.59. The third kappa shape index (κ3) is 3.16. The van der Waals surface area contributed by atoms with Gasteiger partial charge in [-0.3, -0.25) is 0 Å². The summed E-state index contributed by atoms with van der Waals surface area (Å²) in [5.41, 5.74) is 0.903. The minimum absolute atomic E-state index is 0.227. The maximum Gasteiger partial charge on any atom is 0.0603 e. The van der Waals surface area contributed by atoms with Gasteiger partial charge in [0.2, 0.25) is 0 Å². The number of aliphatic hydroxyl groups excluding tert-OH is 1. The van der Waals surface area contributed by atoms with Crippen molar-refractivity contribution in [3.8, 4) is 0 Å². The molecule has 0 bridgehead atoms. The van der Waals surface area contributed by atoms with E-state index in [4.69, 9.17) is 23.2 Å². The molecular formula is C11H14Cl2O. The Morgan fingerprint density at radius 1 is 1.29 bits per heavy atom. The van der Waals surface area contributed by atoms with Gasteiger partial charge in [0.15, 0.2) is 0 Å². The normalized spacial score (nSPS) is 13.3. The molecule has 0 saturated heterocycles. The Balaban J connectivity index is 2.80. The molecule has 1 unspecified atom stereocenters. The van der Waals surface area contributed by atoms with Gasteiger partial charge in [0.1, 0.15) is 0 Å². The second kappa shape index (κ2) is 5.01. The van der Waals surface area contributed by atoms with Gasteiger partial charge in [-0.2, -0.15) is 0 Å². The van der Waals surface area contributed by atoms with Crippen molar-refractivity contribution in [3.63, 3.8) is 0 Å². The van der Waals surface area contributed by atoms with E-state index >= 15 is 0 Å². The zero-order chi connectivity index (χ0) is 10.7. The molecule has 0 aliphatic rings. The molecule has 0 radical (unpaired) electrons. The van der Waals surface area contributed by atoms with Gasteiger partial charge in [0, 0.05) is 16.5 Å². The van der Waals surface area contributed by atoms with Crippen LogP contribution in [0.4, 0.5) is 0 Å². The Labute approximate surface area is 94.7 Å². The highest BCUT2D eigenvalue weighted by atomic mass is 35.5. The molecule has 3 heteroatoms. The lowest BCUT2D eigenvalue weighted by Gasteiger charge is -2.15. The van der Waals surface area contributed by atoms with E-state index in [2.05, 4.69) is 0 Å². The van der Waals surface area contributed by atoms with Crippen LogP contribution in [-0.4, -0.2) is 11.2 Å². The largest absolute Gasteiger partial charge is 0.393 e. The lowest BCUT2D eigenvalue weighted by atomic mass is 9.99. The molecule has 1 nitrogen and oxygen atoms in total. The summed E-state index contributed by atoms with van der Waals surface area (Å²) in [5, 5.41) is 11.0. The average molecular weight is 233 g/mol. The minimum Gasteiger partial charge on any atom is -0.393 e. The van der Waals surface area contributed by atoms with Crippen LogP contribution < -0.4 is 0 Å². The van der Waals surface area contributed by atoms with E-state index in [1.54, 1.807) is 18.2 Å². The molecule has 0 fully saturated rings. The summed E-state index contributed by atoms with van der Waals surface area (Å²) in [5.74, 6) is 0.227. The summed E-state index contributed by atoms with van der Waals surface area (Å²) >= 11 is 11.8. The Bertz CT molecular complexity index is 310. The van der Waals surface area contributed by atoms with Gasteiger partial charge in [0.05, 0.1) is 6.10 Å². The van der Waals surface area contributed by atoms with Crippen molar-refractivity contribution in [1.29, 1.82) is 0 Å². The maximum atomic E-state index is 9.69. The van der Waals surface area contributed by atoms with Crippen LogP contribution in [0.3, 0.4) is 0 Å². The van der Waals surface area contributed by atoms with Crippen LogP contribution in [0.15, 0.2) is 18.2 Å². The number of benzene rings is 1. The van der Waals surface area contributed by atoms with Crippen LogP contribution in [-0.2, 0) is 6.42 Å². The van der Waals surface area contributed by atoms with E-state index in [9.17, 15) is 5.11 Å². The quantitative estimate of drug-likeness (QED) is 0.846. The summed E-state index contributed by atoms with van der Waals surface area (Å²) in [6, 6.07) is 5.30. The fourth-order valence-electron chi connectivity index (χ4n) is 1.16. The molecule has 1 rings (SSSR count). The molecular weight excluding hydrogens is 219 g/mol. The fourth-order valence-corrected chi connectivity index (χ4v) is 1.55. The number of aliphatic hydroxyl groups is 1. The number of hydrogen-bond donors (Lipinski definition) is 1. The minimum atomic E-state index is -0.369. The fraction of sp³-hybridized carbons (Fsp3) is 0.455. The molecule has 14 heavy (non-hydrogen) atoms. The average Bonchev–Trinajstić information content (AvgIpc) is 2.11. The number of hydrogen-bond acceptors (Lipinski definition) is 1. The Kier molecular flexibility index (Phi) is 4.24. The summed E-state index contributed by atoms with van der Waals surface area (Å²) in [7, 11) is 0. The molecule has 1 atom stereocenters. The highest BCUT2D eigenvalue weighted by Gasteiger charge is 2.12. The van der Waals surface area contributed by atoms with Gasteiger partial charge in [0.25, 0.3) is 0 Å². The van der Waals surface area contributed by atoms with Gasteiger partial charge in [-0.25, -0.2) is 0 Å². The smallest absolute Gasteiger partial charge is 0.0603 e. The van der Waals surface area contributed by atoms with Crippen molar-refractivity contribution >= 4 is 23.2 Å². The first-order valence-electron chi connectivity index (χ1n) is 4.62. The zero-order valence-electron chi connectivity index (χ0n) is 8.30. The summed E-state index contributed by atoms with van der Waals surface area (Å²) in [6.07, 6.45) is 0.183. The SMILES string of the molecule is CC(C)C(O)Cc1cc(Cl)ccc1Cl. The first-order chi connectivity index (χ1) is 6.50. The predicted octanol–water partition coefficient (Wildman–Crippen LogP) is 3.55. The van der Waals surface area contributed by atoms with Crippen LogP contribution in [0, 0.1) is 5.92 Å². The third-order valence-corrected chi connectivity index (χ3v) is 2.81. The van der Waals surface area contributed by atoms with Crippen LogP contribution in [0.1, 0.15) is 19.4 Å². The molecule has 1 aromatic carbocycles. The van der Waals surface area contributed by atoms with E-state index in [0.29, 0.717) is 16.5 Å². The van der Waals surface area contributed by atoms with Gasteiger partial charge in [-0.05, 0) is 29.7 Å². The van der Waals surface area contributed by atoms with Crippen LogP contribution in [0.5, 0.6) is 0 Å². The van der Waals surface area contributed by atoms with Gasteiger partial charge in [-0.15, -0.1) is 0 Å². The van der Waals surface area contributed by atoms with E-state index in [0.717, 1.165) is 5.56 Å². The molecule has 0 saturated carbocycles. The molecule has 0 heterocycles. The molecule has 0 aliphatic heterocycles. The van der Waals surface area contributed by atoms with E-state index < -0.39 is 0 Å².